The molecule has 320 valence electrons. The predicted octanol–water partition coefficient (Wildman–Crippen LogP) is -0.294. The molecule has 6 aromatic heterocycles. The minimum atomic E-state index is -4.09. The topological polar surface area (TPSA) is 354 Å². The van der Waals surface area contributed by atoms with Crippen molar-refractivity contribution >= 4 is 88.0 Å². The van der Waals surface area contributed by atoms with Crippen LogP contribution in [-0.4, -0.2) is 135 Å². The Morgan fingerprint density at radius 1 is 0.600 bits per heavy atom. The number of fused-ring (bicyclic) bond motifs is 3. The quantitative estimate of drug-likeness (QED) is 0.0690. The number of rotatable bonds is 14. The lowest BCUT2D eigenvalue weighted by atomic mass is 10.2. The first-order valence-electron chi connectivity index (χ1n) is 18.1. The maximum atomic E-state index is 11.3. The molecule has 0 amide bonds. The smallest absolute Gasteiger partial charge is 0.324 e. The van der Waals surface area contributed by atoms with Crippen LogP contribution in [0.5, 0.6) is 0 Å². The van der Waals surface area contributed by atoms with Crippen molar-refractivity contribution in [3.63, 3.8) is 0 Å². The van der Waals surface area contributed by atoms with Crippen molar-refractivity contribution in [2.24, 2.45) is 0 Å². The molecule has 9 heterocycles. The number of aliphatic hydroxyl groups is 2. The molecule has 0 saturated carbocycles. The number of aromatic nitrogens is 12. The summed E-state index contributed by atoms with van der Waals surface area (Å²) >= 11 is 10.8. The zero-order chi connectivity index (χ0) is 41.9. The Morgan fingerprint density at radius 3 is 1.43 bits per heavy atom. The zero-order valence-corrected chi connectivity index (χ0v) is 34.3. The van der Waals surface area contributed by atoms with Crippen LogP contribution in [0.1, 0.15) is 37.9 Å². The second-order valence-corrected chi connectivity index (χ2v) is 19.5. The van der Waals surface area contributed by atoms with Crippen molar-refractivity contribution in [2.45, 2.75) is 74.6 Å². The van der Waals surface area contributed by atoms with Crippen LogP contribution < -0.4 is 17.2 Å². The SMILES string of the molecule is Nc1ncnc2c1ncn2[C@H]1C[C@H](OP(O)(=S)OC[C@H]2O[C@@H](n3cnc4c(N)ncnc43)C[C@@H]2OP(O)(=S)OC[C@H]2O[C@@H](n3cnc4c(N)ncnc43)C[C@@H]2O)[C@@H](CO)O1. The summed E-state index contributed by atoms with van der Waals surface area (Å²) in [6, 6.07) is 0. The summed E-state index contributed by atoms with van der Waals surface area (Å²) in [5.41, 5.74) is 20.1. The highest BCUT2D eigenvalue weighted by Crippen LogP contribution is 2.52. The molecular formula is C30H37N15O11P2S2. The first kappa shape index (κ1) is 41.3. The molecular weight excluding hydrogens is 873 g/mol. The van der Waals surface area contributed by atoms with Crippen LogP contribution in [0.25, 0.3) is 33.5 Å². The Kier molecular flexibility index (Phi) is 11.2. The van der Waals surface area contributed by atoms with Crippen molar-refractivity contribution in [3.8, 4) is 0 Å². The fourth-order valence-electron chi connectivity index (χ4n) is 7.29. The summed E-state index contributed by atoms with van der Waals surface area (Å²) < 4.78 is 46.7. The second kappa shape index (κ2) is 16.3. The van der Waals surface area contributed by atoms with E-state index in [0.717, 1.165) is 0 Å². The monoisotopic (exact) mass is 909 g/mol. The molecule has 60 heavy (non-hydrogen) atoms. The van der Waals surface area contributed by atoms with Gasteiger partial charge in [-0.15, -0.1) is 0 Å². The highest BCUT2D eigenvalue weighted by Gasteiger charge is 2.45. The molecule has 3 aliphatic heterocycles. The predicted molar refractivity (Wildman–Crippen MR) is 213 cm³/mol. The molecule has 0 radical (unpaired) electrons. The van der Waals surface area contributed by atoms with Gasteiger partial charge in [0.15, 0.2) is 34.4 Å². The maximum Gasteiger partial charge on any atom is 0.324 e. The maximum absolute atomic E-state index is 11.3. The molecule has 26 nitrogen and oxygen atoms in total. The molecule has 0 spiro atoms. The van der Waals surface area contributed by atoms with Gasteiger partial charge in [-0.05, 0) is 23.6 Å². The number of nitrogen functional groups attached to an aromatic ring is 3. The summed E-state index contributed by atoms with van der Waals surface area (Å²) in [5.74, 6) is 0.524. The molecule has 9 rings (SSSR count). The number of aliphatic hydroxyl groups excluding tert-OH is 2. The van der Waals surface area contributed by atoms with Gasteiger partial charge in [0.1, 0.15) is 72.5 Å². The van der Waals surface area contributed by atoms with Gasteiger partial charge in [0.2, 0.25) is 0 Å². The summed E-state index contributed by atoms with van der Waals surface area (Å²) in [7, 11) is 0. The third-order valence-electron chi connectivity index (χ3n) is 10.2. The van der Waals surface area contributed by atoms with Crippen molar-refractivity contribution in [2.75, 3.05) is 37.0 Å². The van der Waals surface area contributed by atoms with E-state index in [-0.39, 0.29) is 43.3 Å². The Hall–Kier alpha value is -4.09. The van der Waals surface area contributed by atoms with Crippen molar-refractivity contribution < 1.29 is 52.3 Å². The number of ether oxygens (including phenoxy) is 3. The molecule has 10 N–H and O–H groups in total. The Morgan fingerprint density at radius 2 is 0.983 bits per heavy atom. The summed E-state index contributed by atoms with van der Waals surface area (Å²) in [6.45, 7) is -9.39. The van der Waals surface area contributed by atoms with E-state index in [4.69, 9.17) is 73.1 Å². The molecule has 3 aliphatic rings. The second-order valence-electron chi connectivity index (χ2n) is 13.9. The highest BCUT2D eigenvalue weighted by molar-refractivity contribution is 8.07. The standard InChI is InChI=1S/C30H37N15O11P2S2/c31-25-22-28(37-7-34-25)43(10-40-22)19-1-13(47)17(53-19)5-50-57(48,59)56-15-3-21(45-12-42-24-27(33)36-9-39-30(24)45)54-18(15)6-51-58(49,60)55-14-2-20(52-16(14)4-46)44-11-41-23-26(32)35-8-38-29(23)44/h7-21,46-47H,1-6H2,(H,48,59)(H,49,60)(H2,31,34,37)(H2,32,35,38)(H2,33,36,39)/t13-,14-,15-,16+,17+,18+,19+,20+,21+,57?,58?/m0/s1. The minimum Gasteiger partial charge on any atom is -0.394 e. The van der Waals surface area contributed by atoms with Gasteiger partial charge < -0.3 is 69.5 Å². The highest BCUT2D eigenvalue weighted by atomic mass is 32.5. The van der Waals surface area contributed by atoms with Gasteiger partial charge in [-0.25, -0.2) is 44.9 Å². The third kappa shape index (κ3) is 8.05. The van der Waals surface area contributed by atoms with E-state index in [1.807, 2.05) is 0 Å². The molecule has 2 unspecified atom stereocenters. The van der Waals surface area contributed by atoms with Crippen LogP contribution >= 0.6 is 13.4 Å². The average Bonchev–Trinajstić information content (AvgIpc) is 4.06. The number of nitrogens with two attached hydrogens (primary N) is 3. The Balaban J connectivity index is 0.876. The van der Waals surface area contributed by atoms with E-state index < -0.39 is 82.0 Å². The molecule has 3 saturated heterocycles. The lowest BCUT2D eigenvalue weighted by molar-refractivity contribution is -0.0535. The van der Waals surface area contributed by atoms with Gasteiger partial charge in [0.05, 0.1) is 57.1 Å². The summed E-state index contributed by atoms with van der Waals surface area (Å²) in [4.78, 5) is 60.1. The normalized spacial score (nSPS) is 29.2. The molecule has 0 aromatic carbocycles. The van der Waals surface area contributed by atoms with Crippen LogP contribution in [0.4, 0.5) is 17.5 Å². The fourth-order valence-corrected chi connectivity index (χ4v) is 10.2. The van der Waals surface area contributed by atoms with E-state index in [9.17, 15) is 20.0 Å². The summed E-state index contributed by atoms with van der Waals surface area (Å²) in [6.07, 6.45) is 0.590. The average molecular weight is 910 g/mol. The van der Waals surface area contributed by atoms with E-state index >= 15 is 0 Å². The number of nitrogens with zero attached hydrogens (tertiary/aromatic N) is 12. The lowest BCUT2D eigenvalue weighted by Gasteiger charge is -2.27. The van der Waals surface area contributed by atoms with Crippen molar-refractivity contribution in [1.82, 2.24) is 58.6 Å². The van der Waals surface area contributed by atoms with E-state index in [2.05, 4.69) is 44.9 Å². The van der Waals surface area contributed by atoms with Crippen LogP contribution in [0, 0.1) is 0 Å². The van der Waals surface area contributed by atoms with Gasteiger partial charge in [-0.3, -0.25) is 13.7 Å². The Bertz CT molecular complexity index is 2640. The van der Waals surface area contributed by atoms with Gasteiger partial charge >= 0.3 is 13.4 Å². The van der Waals surface area contributed by atoms with Crippen LogP contribution in [0.15, 0.2) is 38.0 Å². The van der Waals surface area contributed by atoms with Crippen molar-refractivity contribution in [1.29, 1.82) is 0 Å². The number of anilines is 3. The molecule has 0 aliphatic carbocycles. The number of hydrogen-bond acceptors (Lipinski definition) is 23. The third-order valence-corrected chi connectivity index (χ3v) is 13.4. The minimum absolute atomic E-state index is 0.0574. The molecule has 0 bridgehead atoms. The fraction of sp³-hybridized carbons (Fsp3) is 0.500. The lowest BCUT2D eigenvalue weighted by Crippen LogP contribution is -2.30. The van der Waals surface area contributed by atoms with Gasteiger partial charge in [-0.2, -0.15) is 0 Å². The van der Waals surface area contributed by atoms with E-state index in [1.54, 1.807) is 13.7 Å². The molecule has 3 fully saturated rings. The first-order chi connectivity index (χ1) is 28.8. The number of hydrogen-bond donors (Lipinski definition) is 7. The summed E-state index contributed by atoms with van der Waals surface area (Å²) in [5, 5.41) is 21.0. The van der Waals surface area contributed by atoms with Crippen LogP contribution in [0.3, 0.4) is 0 Å². The van der Waals surface area contributed by atoms with E-state index in [0.29, 0.717) is 33.5 Å². The molecule has 11 atom stereocenters. The van der Waals surface area contributed by atoms with Gasteiger partial charge in [-0.1, -0.05) is 0 Å². The number of imidazole rings is 3. The van der Waals surface area contributed by atoms with Gasteiger partial charge in [0.25, 0.3) is 0 Å². The van der Waals surface area contributed by atoms with Gasteiger partial charge in [0, 0.05) is 19.3 Å². The molecule has 6 aromatic rings. The zero-order valence-electron chi connectivity index (χ0n) is 30.9. The first-order valence-corrected chi connectivity index (χ1v) is 23.3. The Labute approximate surface area is 347 Å². The largest absolute Gasteiger partial charge is 0.394 e. The van der Waals surface area contributed by atoms with Crippen LogP contribution in [-0.2, 0) is 55.9 Å². The van der Waals surface area contributed by atoms with E-state index in [1.165, 1.54) is 38.0 Å². The van der Waals surface area contributed by atoms with Crippen molar-refractivity contribution in [3.05, 3.63) is 38.0 Å². The van der Waals surface area contributed by atoms with Crippen LogP contribution in [0.2, 0.25) is 0 Å². The molecule has 30 heteroatoms.